The Kier molecular flexibility index (Phi) is 5.32. The summed E-state index contributed by atoms with van der Waals surface area (Å²) < 4.78 is 1.66. The number of aromatic nitrogens is 2. The standard InChI is InChI=1S/C24H31N3O2S2/c1-5-6-27-22(29)19-13(2)14(3)30-21(19)25-23(27)31-15(4)20(28)26-24-10-16-7-17(11-24)9-18(8-16)12-24/h5,15-18H,1,6-12H2,2-4H3,(H,26,28). The lowest BCUT2D eigenvalue weighted by Gasteiger charge is -2.57. The second-order valence-corrected chi connectivity index (χ2v) is 12.5. The highest BCUT2D eigenvalue weighted by Crippen LogP contribution is 2.55. The number of nitrogens with zero attached hydrogens (tertiary/aromatic N) is 2. The molecule has 0 aliphatic heterocycles. The molecule has 4 fully saturated rings. The second-order valence-electron chi connectivity index (χ2n) is 10.0. The third-order valence-electron chi connectivity index (χ3n) is 7.64. The summed E-state index contributed by atoms with van der Waals surface area (Å²) in [5.74, 6) is 2.45. The Morgan fingerprint density at radius 1 is 1.29 bits per heavy atom. The highest BCUT2D eigenvalue weighted by Gasteiger charge is 2.51. The Morgan fingerprint density at radius 3 is 2.48 bits per heavy atom. The Labute approximate surface area is 191 Å². The zero-order valence-electron chi connectivity index (χ0n) is 18.6. The van der Waals surface area contributed by atoms with Gasteiger partial charge in [0.1, 0.15) is 4.83 Å². The first kappa shape index (κ1) is 21.3. The fraction of sp³-hybridized carbons (Fsp3) is 0.625. The SMILES string of the molecule is C=CCn1c(SC(C)C(=O)NC23CC4CC(CC(C4)C2)C3)nc2sc(C)c(C)c2c1=O. The first-order valence-electron chi connectivity index (χ1n) is 11.4. The van der Waals surface area contributed by atoms with Gasteiger partial charge in [0.05, 0.1) is 10.6 Å². The number of allylic oxidation sites excluding steroid dienone is 1. The Hall–Kier alpha value is -1.60. The second kappa shape index (κ2) is 7.77. The van der Waals surface area contributed by atoms with Gasteiger partial charge in [-0.25, -0.2) is 4.98 Å². The fourth-order valence-corrected chi connectivity index (χ4v) is 8.52. The minimum Gasteiger partial charge on any atom is -0.350 e. The lowest BCUT2D eigenvalue weighted by Crippen LogP contribution is -2.60. The first-order chi connectivity index (χ1) is 14.8. The highest BCUT2D eigenvalue weighted by atomic mass is 32.2. The maximum absolute atomic E-state index is 13.2. The van der Waals surface area contributed by atoms with Crippen LogP contribution in [0.15, 0.2) is 22.6 Å². The Balaban J connectivity index is 1.39. The molecule has 0 saturated heterocycles. The van der Waals surface area contributed by atoms with E-state index in [0.717, 1.165) is 52.3 Å². The molecule has 4 aliphatic carbocycles. The molecule has 2 heterocycles. The molecule has 5 nitrogen and oxygen atoms in total. The van der Waals surface area contributed by atoms with Crippen molar-refractivity contribution in [2.75, 3.05) is 0 Å². The smallest absolute Gasteiger partial charge is 0.263 e. The molecule has 4 saturated carbocycles. The van der Waals surface area contributed by atoms with Crippen LogP contribution in [0.5, 0.6) is 0 Å². The number of hydrogen-bond donors (Lipinski definition) is 1. The summed E-state index contributed by atoms with van der Waals surface area (Å²) in [5, 5.41) is 4.46. The van der Waals surface area contributed by atoms with Gasteiger partial charge in [0.15, 0.2) is 5.16 Å². The summed E-state index contributed by atoms with van der Waals surface area (Å²) in [6.45, 7) is 10.1. The minimum absolute atomic E-state index is 0.000790. The lowest BCUT2D eigenvalue weighted by molar-refractivity contribution is -0.126. The Morgan fingerprint density at radius 2 is 1.90 bits per heavy atom. The summed E-state index contributed by atoms with van der Waals surface area (Å²) in [5.41, 5.74) is 0.961. The van der Waals surface area contributed by atoms with Gasteiger partial charge >= 0.3 is 0 Å². The Bertz CT molecular complexity index is 1080. The maximum Gasteiger partial charge on any atom is 0.263 e. The van der Waals surface area contributed by atoms with Crippen molar-refractivity contribution in [2.45, 2.75) is 81.8 Å². The molecule has 6 rings (SSSR count). The molecule has 166 valence electrons. The predicted molar refractivity (Wildman–Crippen MR) is 128 cm³/mol. The summed E-state index contributed by atoms with van der Waals surface area (Å²) >= 11 is 2.94. The number of aryl methyl sites for hydroxylation is 2. The van der Waals surface area contributed by atoms with Crippen molar-refractivity contribution < 1.29 is 4.79 Å². The van der Waals surface area contributed by atoms with E-state index in [1.54, 1.807) is 22.0 Å². The summed E-state index contributed by atoms with van der Waals surface area (Å²) in [7, 11) is 0. The topological polar surface area (TPSA) is 64.0 Å². The fourth-order valence-electron chi connectivity index (χ4n) is 6.53. The van der Waals surface area contributed by atoms with Gasteiger partial charge in [0.25, 0.3) is 5.56 Å². The van der Waals surface area contributed by atoms with Crippen molar-refractivity contribution >= 4 is 39.2 Å². The van der Waals surface area contributed by atoms with Crippen molar-refractivity contribution in [1.82, 2.24) is 14.9 Å². The van der Waals surface area contributed by atoms with Crippen LogP contribution in [-0.4, -0.2) is 26.2 Å². The number of carbonyl (C=O) groups excluding carboxylic acids is 1. The third-order valence-corrected chi connectivity index (χ3v) is 9.83. The monoisotopic (exact) mass is 457 g/mol. The van der Waals surface area contributed by atoms with E-state index >= 15 is 0 Å². The molecule has 31 heavy (non-hydrogen) atoms. The van der Waals surface area contributed by atoms with Crippen molar-refractivity contribution in [3.05, 3.63) is 33.4 Å². The summed E-state index contributed by atoms with van der Waals surface area (Å²) in [4.78, 5) is 33.1. The molecular formula is C24H31N3O2S2. The molecule has 0 radical (unpaired) electrons. The normalized spacial score (nSPS) is 30.0. The number of thiophene rings is 1. The zero-order chi connectivity index (χ0) is 21.9. The predicted octanol–water partition coefficient (Wildman–Crippen LogP) is 4.83. The van der Waals surface area contributed by atoms with E-state index in [-0.39, 0.29) is 22.3 Å². The maximum atomic E-state index is 13.2. The van der Waals surface area contributed by atoms with Crippen LogP contribution in [0.3, 0.4) is 0 Å². The first-order valence-corrected chi connectivity index (χ1v) is 13.1. The number of hydrogen-bond acceptors (Lipinski definition) is 5. The van der Waals surface area contributed by atoms with Crippen LogP contribution in [0, 0.1) is 31.6 Å². The highest BCUT2D eigenvalue weighted by molar-refractivity contribution is 8.00. The summed E-state index contributed by atoms with van der Waals surface area (Å²) in [6.07, 6.45) is 9.21. The van der Waals surface area contributed by atoms with Gasteiger partial charge < -0.3 is 5.32 Å². The van der Waals surface area contributed by atoms with E-state index < -0.39 is 0 Å². The van der Waals surface area contributed by atoms with Crippen LogP contribution in [0.1, 0.15) is 55.9 Å². The lowest BCUT2D eigenvalue weighted by atomic mass is 9.53. The van der Waals surface area contributed by atoms with Gasteiger partial charge in [-0.3, -0.25) is 14.2 Å². The largest absolute Gasteiger partial charge is 0.350 e. The van der Waals surface area contributed by atoms with Crippen LogP contribution >= 0.6 is 23.1 Å². The van der Waals surface area contributed by atoms with Crippen LogP contribution in [0.25, 0.3) is 10.2 Å². The van der Waals surface area contributed by atoms with Crippen molar-refractivity contribution in [1.29, 1.82) is 0 Å². The van der Waals surface area contributed by atoms with Crippen molar-refractivity contribution in [3.63, 3.8) is 0 Å². The van der Waals surface area contributed by atoms with Crippen molar-refractivity contribution in [2.24, 2.45) is 17.8 Å². The minimum atomic E-state index is -0.310. The number of nitrogens with one attached hydrogen (secondary N) is 1. The van der Waals surface area contributed by atoms with Crippen LogP contribution in [-0.2, 0) is 11.3 Å². The van der Waals surface area contributed by atoms with Gasteiger partial charge in [-0.2, -0.15) is 0 Å². The molecule has 4 aliphatic rings. The van der Waals surface area contributed by atoms with E-state index in [0.29, 0.717) is 17.1 Å². The molecule has 1 amide bonds. The van der Waals surface area contributed by atoms with Gasteiger partial charge in [-0.05, 0) is 82.6 Å². The number of carbonyl (C=O) groups is 1. The molecular weight excluding hydrogens is 426 g/mol. The van der Waals surface area contributed by atoms with Gasteiger partial charge in [-0.15, -0.1) is 17.9 Å². The average molecular weight is 458 g/mol. The number of amides is 1. The van der Waals surface area contributed by atoms with Crippen LogP contribution in [0.4, 0.5) is 0 Å². The molecule has 4 bridgehead atoms. The average Bonchev–Trinajstić information content (AvgIpc) is 2.97. The van der Waals surface area contributed by atoms with E-state index in [1.807, 2.05) is 20.8 Å². The van der Waals surface area contributed by atoms with E-state index in [4.69, 9.17) is 4.98 Å². The van der Waals surface area contributed by atoms with E-state index in [1.165, 1.54) is 31.0 Å². The number of fused-ring (bicyclic) bond motifs is 1. The number of rotatable bonds is 6. The number of thioether (sulfide) groups is 1. The van der Waals surface area contributed by atoms with Gasteiger partial charge in [0.2, 0.25) is 5.91 Å². The van der Waals surface area contributed by atoms with Crippen LogP contribution in [0.2, 0.25) is 0 Å². The molecule has 1 unspecified atom stereocenters. The molecule has 1 N–H and O–H groups in total. The molecule has 2 aromatic rings. The van der Waals surface area contributed by atoms with Gasteiger partial charge in [0, 0.05) is 17.0 Å². The van der Waals surface area contributed by atoms with Crippen molar-refractivity contribution in [3.8, 4) is 0 Å². The third kappa shape index (κ3) is 3.67. The molecule has 0 spiro atoms. The molecule has 0 aromatic carbocycles. The quantitative estimate of drug-likeness (QED) is 0.383. The van der Waals surface area contributed by atoms with E-state index in [9.17, 15) is 9.59 Å². The van der Waals surface area contributed by atoms with Gasteiger partial charge in [-0.1, -0.05) is 17.8 Å². The summed E-state index contributed by atoms with van der Waals surface area (Å²) in [6, 6.07) is 0. The zero-order valence-corrected chi connectivity index (χ0v) is 20.2. The molecule has 1 atom stereocenters. The molecule has 7 heteroatoms. The molecule has 2 aromatic heterocycles. The van der Waals surface area contributed by atoms with E-state index in [2.05, 4.69) is 11.9 Å². The van der Waals surface area contributed by atoms with Crippen LogP contribution < -0.4 is 10.9 Å².